The average molecular weight is 309 g/mol. The van der Waals surface area contributed by atoms with Crippen molar-refractivity contribution in [3.05, 3.63) is 59.9 Å². The molecule has 0 aliphatic heterocycles. The van der Waals surface area contributed by atoms with Crippen LogP contribution in [-0.4, -0.2) is 18.0 Å². The fourth-order valence-electron chi connectivity index (χ4n) is 2.29. The Morgan fingerprint density at radius 2 is 2.09 bits per heavy atom. The van der Waals surface area contributed by atoms with Crippen LogP contribution in [0.2, 0.25) is 0 Å². The number of aromatic nitrogens is 1. The topological polar surface area (TPSA) is 75.0 Å². The summed E-state index contributed by atoms with van der Waals surface area (Å²) in [6, 6.07) is 14.3. The fraction of sp³-hybridized carbons (Fsp3) is 0.278. The summed E-state index contributed by atoms with van der Waals surface area (Å²) >= 11 is 0. The van der Waals surface area contributed by atoms with Gasteiger partial charge in [-0.05, 0) is 31.0 Å². The number of carbonyl (C=O) groups is 1. The molecule has 1 atom stereocenters. The van der Waals surface area contributed by atoms with Crippen molar-refractivity contribution < 1.29 is 9.53 Å². The van der Waals surface area contributed by atoms with Crippen LogP contribution in [0.15, 0.2) is 48.7 Å². The lowest BCUT2D eigenvalue weighted by Gasteiger charge is -2.15. The predicted octanol–water partition coefficient (Wildman–Crippen LogP) is 2.79. The van der Waals surface area contributed by atoms with Gasteiger partial charge in [0.1, 0.15) is 11.8 Å². The third kappa shape index (κ3) is 4.82. The number of nitrogens with one attached hydrogen (secondary N) is 1. The number of para-hydroxylation sites is 1. The largest absolute Gasteiger partial charge is 0.496 e. The lowest BCUT2D eigenvalue weighted by molar-refractivity contribution is -0.121. The third-order valence-corrected chi connectivity index (χ3v) is 3.45. The standard InChI is InChI=1S/C18H19N3O2/c1-23-17-10-3-2-9-15(17)16(13-19)21-18(22)11-6-8-14-7-4-5-12-20-14/h2-5,7,9-10,12,16H,6,8,11H2,1H3,(H,21,22). The number of benzene rings is 1. The zero-order chi connectivity index (χ0) is 16.5. The van der Waals surface area contributed by atoms with Gasteiger partial charge in [0.05, 0.1) is 13.2 Å². The smallest absolute Gasteiger partial charge is 0.221 e. The van der Waals surface area contributed by atoms with Gasteiger partial charge in [-0.2, -0.15) is 5.26 Å². The summed E-state index contributed by atoms with van der Waals surface area (Å²) in [5, 5.41) is 12.1. The van der Waals surface area contributed by atoms with Crippen LogP contribution in [0.1, 0.15) is 30.1 Å². The van der Waals surface area contributed by atoms with Crippen LogP contribution in [0.25, 0.3) is 0 Å². The van der Waals surface area contributed by atoms with Crippen molar-refractivity contribution in [1.29, 1.82) is 5.26 Å². The van der Waals surface area contributed by atoms with Crippen molar-refractivity contribution in [2.75, 3.05) is 7.11 Å². The SMILES string of the molecule is COc1ccccc1C(C#N)NC(=O)CCCc1ccccn1. The van der Waals surface area contributed by atoms with E-state index >= 15 is 0 Å². The Bertz CT molecular complexity index is 680. The number of carbonyl (C=O) groups excluding carboxylic acids is 1. The normalized spacial score (nSPS) is 11.3. The number of hydrogen-bond donors (Lipinski definition) is 1. The van der Waals surface area contributed by atoms with Crippen molar-refractivity contribution in [1.82, 2.24) is 10.3 Å². The second-order valence-electron chi connectivity index (χ2n) is 5.05. The first-order valence-corrected chi connectivity index (χ1v) is 7.46. The van der Waals surface area contributed by atoms with E-state index in [1.807, 2.05) is 30.3 Å². The van der Waals surface area contributed by atoms with Crippen LogP contribution >= 0.6 is 0 Å². The summed E-state index contributed by atoms with van der Waals surface area (Å²) in [6.45, 7) is 0. The minimum Gasteiger partial charge on any atom is -0.496 e. The minimum absolute atomic E-state index is 0.154. The number of nitrogens with zero attached hydrogens (tertiary/aromatic N) is 2. The van der Waals surface area contributed by atoms with E-state index < -0.39 is 6.04 Å². The zero-order valence-electron chi connectivity index (χ0n) is 13.0. The van der Waals surface area contributed by atoms with E-state index in [1.54, 1.807) is 25.4 Å². The van der Waals surface area contributed by atoms with E-state index in [-0.39, 0.29) is 5.91 Å². The van der Waals surface area contributed by atoms with Crippen LogP contribution in [0, 0.1) is 11.3 Å². The van der Waals surface area contributed by atoms with Gasteiger partial charge in [-0.25, -0.2) is 0 Å². The van der Waals surface area contributed by atoms with Gasteiger partial charge in [0, 0.05) is 23.9 Å². The van der Waals surface area contributed by atoms with Crippen molar-refractivity contribution in [3.8, 4) is 11.8 Å². The number of hydrogen-bond acceptors (Lipinski definition) is 4. The van der Waals surface area contributed by atoms with E-state index in [0.29, 0.717) is 24.2 Å². The van der Waals surface area contributed by atoms with E-state index in [4.69, 9.17) is 4.74 Å². The van der Waals surface area contributed by atoms with Crippen molar-refractivity contribution in [2.24, 2.45) is 0 Å². The summed E-state index contributed by atoms with van der Waals surface area (Å²) in [4.78, 5) is 16.3. The lowest BCUT2D eigenvalue weighted by atomic mass is 10.1. The number of ether oxygens (including phenoxy) is 1. The molecule has 1 aromatic carbocycles. The van der Waals surface area contributed by atoms with Crippen LogP contribution in [0.5, 0.6) is 5.75 Å². The van der Waals surface area contributed by atoms with E-state index in [0.717, 1.165) is 12.1 Å². The molecule has 5 nitrogen and oxygen atoms in total. The number of methoxy groups -OCH3 is 1. The number of aryl methyl sites for hydroxylation is 1. The first kappa shape index (κ1) is 16.5. The molecule has 0 aliphatic carbocycles. The summed E-state index contributed by atoms with van der Waals surface area (Å²) in [5.74, 6) is 0.436. The van der Waals surface area contributed by atoms with Crippen LogP contribution < -0.4 is 10.1 Å². The molecule has 0 saturated carbocycles. The molecular formula is C18H19N3O2. The van der Waals surface area contributed by atoms with Gasteiger partial charge in [0.2, 0.25) is 5.91 Å². The molecular weight excluding hydrogens is 290 g/mol. The molecule has 0 saturated heterocycles. The first-order valence-electron chi connectivity index (χ1n) is 7.46. The molecule has 0 fully saturated rings. The quantitative estimate of drug-likeness (QED) is 0.853. The van der Waals surface area contributed by atoms with Crippen LogP contribution in [-0.2, 0) is 11.2 Å². The van der Waals surface area contributed by atoms with E-state index in [1.165, 1.54) is 0 Å². The molecule has 1 heterocycles. The van der Waals surface area contributed by atoms with E-state index in [2.05, 4.69) is 16.4 Å². The Morgan fingerprint density at radius 3 is 2.78 bits per heavy atom. The van der Waals surface area contributed by atoms with E-state index in [9.17, 15) is 10.1 Å². The maximum atomic E-state index is 12.1. The van der Waals surface area contributed by atoms with Crippen LogP contribution in [0.3, 0.4) is 0 Å². The molecule has 0 aliphatic rings. The molecule has 1 aromatic heterocycles. The third-order valence-electron chi connectivity index (χ3n) is 3.45. The predicted molar refractivity (Wildman–Crippen MR) is 86.7 cm³/mol. The van der Waals surface area contributed by atoms with Gasteiger partial charge in [0.15, 0.2) is 0 Å². The summed E-state index contributed by atoms with van der Waals surface area (Å²) in [5.41, 5.74) is 1.62. The molecule has 23 heavy (non-hydrogen) atoms. The van der Waals surface area contributed by atoms with Gasteiger partial charge in [-0.15, -0.1) is 0 Å². The van der Waals surface area contributed by atoms with Crippen molar-refractivity contribution in [3.63, 3.8) is 0 Å². The van der Waals surface area contributed by atoms with Gasteiger partial charge in [0.25, 0.3) is 0 Å². The molecule has 2 aromatic rings. The number of nitriles is 1. The molecule has 2 rings (SSSR count). The Morgan fingerprint density at radius 1 is 1.30 bits per heavy atom. The second-order valence-corrected chi connectivity index (χ2v) is 5.05. The molecule has 1 unspecified atom stereocenters. The van der Waals surface area contributed by atoms with Crippen LogP contribution in [0.4, 0.5) is 0 Å². The monoisotopic (exact) mass is 309 g/mol. The summed E-state index contributed by atoms with van der Waals surface area (Å²) in [6.07, 6.45) is 3.51. The Balaban J connectivity index is 1.89. The second kappa shape index (κ2) is 8.54. The molecule has 5 heteroatoms. The molecule has 1 amide bonds. The van der Waals surface area contributed by atoms with Gasteiger partial charge >= 0.3 is 0 Å². The van der Waals surface area contributed by atoms with Crippen molar-refractivity contribution >= 4 is 5.91 Å². The number of rotatable bonds is 7. The number of pyridine rings is 1. The highest BCUT2D eigenvalue weighted by Gasteiger charge is 2.17. The van der Waals surface area contributed by atoms with Gasteiger partial charge in [-0.1, -0.05) is 24.3 Å². The molecule has 0 spiro atoms. The molecule has 118 valence electrons. The zero-order valence-corrected chi connectivity index (χ0v) is 13.0. The number of amides is 1. The minimum atomic E-state index is -0.714. The Kier molecular flexibility index (Phi) is 6.13. The molecule has 0 bridgehead atoms. The maximum Gasteiger partial charge on any atom is 0.221 e. The van der Waals surface area contributed by atoms with Gasteiger partial charge in [-0.3, -0.25) is 9.78 Å². The summed E-state index contributed by atoms with van der Waals surface area (Å²) < 4.78 is 5.24. The fourth-order valence-corrected chi connectivity index (χ4v) is 2.29. The first-order chi connectivity index (χ1) is 11.2. The maximum absolute atomic E-state index is 12.1. The highest BCUT2D eigenvalue weighted by Crippen LogP contribution is 2.24. The highest BCUT2D eigenvalue weighted by atomic mass is 16.5. The molecule has 1 N–H and O–H groups in total. The molecule has 0 radical (unpaired) electrons. The average Bonchev–Trinajstić information content (AvgIpc) is 2.60. The lowest BCUT2D eigenvalue weighted by Crippen LogP contribution is -2.27. The highest BCUT2D eigenvalue weighted by molar-refractivity contribution is 5.77. The van der Waals surface area contributed by atoms with Gasteiger partial charge < -0.3 is 10.1 Å². The summed E-state index contributed by atoms with van der Waals surface area (Å²) in [7, 11) is 1.54. The Hall–Kier alpha value is -2.87. The Labute approximate surface area is 135 Å². The van der Waals surface area contributed by atoms with Crippen molar-refractivity contribution in [2.45, 2.75) is 25.3 Å².